The van der Waals surface area contributed by atoms with Crippen LogP contribution in [-0.4, -0.2) is 12.2 Å². The lowest BCUT2D eigenvalue weighted by molar-refractivity contribution is 0.132. The topological polar surface area (TPSA) is 29.5 Å². The van der Waals surface area contributed by atoms with E-state index in [0.717, 1.165) is 28.5 Å². The fraction of sp³-hybridized carbons (Fsp3) is 0.474. The van der Waals surface area contributed by atoms with Gasteiger partial charge in [0.15, 0.2) is 0 Å². The molecule has 2 nitrogen and oxygen atoms in total. The van der Waals surface area contributed by atoms with Crippen LogP contribution < -0.4 is 4.74 Å². The minimum absolute atomic E-state index is 0.371. The molecule has 0 saturated heterocycles. The highest BCUT2D eigenvalue weighted by molar-refractivity contribution is 5.91. The van der Waals surface area contributed by atoms with Crippen LogP contribution in [0.4, 0.5) is 0 Å². The van der Waals surface area contributed by atoms with E-state index in [1.54, 1.807) is 7.11 Å². The van der Waals surface area contributed by atoms with Crippen molar-refractivity contribution >= 4 is 10.8 Å². The summed E-state index contributed by atoms with van der Waals surface area (Å²) in [6.45, 7) is 0. The van der Waals surface area contributed by atoms with Gasteiger partial charge < -0.3 is 9.84 Å². The maximum Gasteiger partial charge on any atom is 0.126 e. The Labute approximate surface area is 126 Å². The minimum atomic E-state index is -0.371. The summed E-state index contributed by atoms with van der Waals surface area (Å²) in [5.41, 5.74) is 1.04. The summed E-state index contributed by atoms with van der Waals surface area (Å²) < 4.78 is 5.43. The van der Waals surface area contributed by atoms with Gasteiger partial charge in [0.05, 0.1) is 13.2 Å². The second-order valence-electron chi connectivity index (χ2n) is 6.16. The third-order valence-corrected chi connectivity index (χ3v) is 4.78. The first-order valence-corrected chi connectivity index (χ1v) is 8.03. The number of benzene rings is 2. The van der Waals surface area contributed by atoms with Crippen LogP contribution in [0.15, 0.2) is 36.4 Å². The molecule has 1 fully saturated rings. The first-order valence-electron chi connectivity index (χ1n) is 8.03. The highest BCUT2D eigenvalue weighted by Crippen LogP contribution is 2.36. The normalized spacial score (nSPS) is 17.8. The van der Waals surface area contributed by atoms with Gasteiger partial charge in [0.2, 0.25) is 0 Å². The van der Waals surface area contributed by atoms with Gasteiger partial charge in [-0.3, -0.25) is 0 Å². The summed E-state index contributed by atoms with van der Waals surface area (Å²) in [6, 6.07) is 12.2. The molecule has 0 amide bonds. The molecular formula is C19H24O2. The van der Waals surface area contributed by atoms with Gasteiger partial charge in [-0.1, -0.05) is 62.4 Å². The van der Waals surface area contributed by atoms with Gasteiger partial charge >= 0.3 is 0 Å². The lowest BCUT2D eigenvalue weighted by Gasteiger charge is -2.25. The third-order valence-electron chi connectivity index (χ3n) is 4.78. The number of rotatable bonds is 4. The van der Waals surface area contributed by atoms with Crippen molar-refractivity contribution in [1.82, 2.24) is 0 Å². The fourth-order valence-corrected chi connectivity index (χ4v) is 3.63. The van der Waals surface area contributed by atoms with Crippen LogP contribution in [0.25, 0.3) is 10.8 Å². The molecule has 0 aliphatic heterocycles. The van der Waals surface area contributed by atoms with Crippen LogP contribution in [0.3, 0.4) is 0 Å². The maximum absolute atomic E-state index is 10.7. The SMILES string of the molecule is COc1ccc(C(O)CC2CCCCC2)c2ccccc12. The van der Waals surface area contributed by atoms with E-state index in [2.05, 4.69) is 12.1 Å². The largest absolute Gasteiger partial charge is 0.496 e. The number of hydrogen-bond acceptors (Lipinski definition) is 2. The van der Waals surface area contributed by atoms with E-state index in [-0.39, 0.29) is 6.10 Å². The van der Waals surface area contributed by atoms with Crippen molar-refractivity contribution in [2.45, 2.75) is 44.6 Å². The molecule has 0 spiro atoms. The van der Waals surface area contributed by atoms with Crippen LogP contribution >= 0.6 is 0 Å². The first-order chi connectivity index (χ1) is 10.3. The Hall–Kier alpha value is -1.54. The summed E-state index contributed by atoms with van der Waals surface area (Å²) in [7, 11) is 1.69. The highest BCUT2D eigenvalue weighted by Gasteiger charge is 2.20. The van der Waals surface area contributed by atoms with Crippen molar-refractivity contribution in [2.24, 2.45) is 5.92 Å². The van der Waals surface area contributed by atoms with Gasteiger partial charge in [0.25, 0.3) is 0 Å². The van der Waals surface area contributed by atoms with E-state index in [9.17, 15) is 5.11 Å². The molecule has 2 aromatic rings. The van der Waals surface area contributed by atoms with E-state index in [1.807, 2.05) is 24.3 Å². The van der Waals surface area contributed by atoms with Crippen molar-refractivity contribution in [3.63, 3.8) is 0 Å². The van der Waals surface area contributed by atoms with Crippen molar-refractivity contribution in [3.05, 3.63) is 42.0 Å². The second kappa shape index (κ2) is 6.48. The fourth-order valence-electron chi connectivity index (χ4n) is 3.63. The average molecular weight is 284 g/mol. The van der Waals surface area contributed by atoms with Gasteiger partial charge in [-0.25, -0.2) is 0 Å². The Morgan fingerprint density at radius 3 is 2.48 bits per heavy atom. The molecule has 1 aliphatic carbocycles. The Balaban J connectivity index is 1.89. The number of hydrogen-bond donors (Lipinski definition) is 1. The van der Waals surface area contributed by atoms with E-state index >= 15 is 0 Å². The Morgan fingerprint density at radius 1 is 1.05 bits per heavy atom. The number of ether oxygens (including phenoxy) is 1. The smallest absolute Gasteiger partial charge is 0.126 e. The zero-order chi connectivity index (χ0) is 14.7. The molecule has 2 heteroatoms. The van der Waals surface area contributed by atoms with E-state index < -0.39 is 0 Å². The molecule has 3 rings (SSSR count). The van der Waals surface area contributed by atoms with Gasteiger partial charge in [-0.05, 0) is 29.4 Å². The molecule has 0 bridgehead atoms. The van der Waals surface area contributed by atoms with Crippen LogP contribution in [0.1, 0.15) is 50.2 Å². The van der Waals surface area contributed by atoms with Gasteiger partial charge in [-0.2, -0.15) is 0 Å². The summed E-state index contributed by atoms with van der Waals surface area (Å²) >= 11 is 0. The summed E-state index contributed by atoms with van der Waals surface area (Å²) in [5, 5.41) is 12.9. The highest BCUT2D eigenvalue weighted by atomic mass is 16.5. The number of aliphatic hydroxyl groups excluding tert-OH is 1. The predicted octanol–water partition coefficient (Wildman–Crippen LogP) is 4.85. The number of methoxy groups -OCH3 is 1. The zero-order valence-corrected chi connectivity index (χ0v) is 12.7. The Morgan fingerprint density at radius 2 is 1.76 bits per heavy atom. The first kappa shape index (κ1) is 14.4. The molecule has 0 heterocycles. The van der Waals surface area contributed by atoms with Crippen LogP contribution in [0, 0.1) is 5.92 Å². The Bertz CT molecular complexity index is 600. The van der Waals surface area contributed by atoms with Gasteiger partial charge in [-0.15, -0.1) is 0 Å². The van der Waals surface area contributed by atoms with Crippen molar-refractivity contribution < 1.29 is 9.84 Å². The number of fused-ring (bicyclic) bond motifs is 1. The molecule has 21 heavy (non-hydrogen) atoms. The predicted molar refractivity (Wildman–Crippen MR) is 86.7 cm³/mol. The molecular weight excluding hydrogens is 260 g/mol. The van der Waals surface area contributed by atoms with Crippen molar-refractivity contribution in [1.29, 1.82) is 0 Å². The van der Waals surface area contributed by atoms with E-state index in [4.69, 9.17) is 4.74 Å². The maximum atomic E-state index is 10.7. The molecule has 1 unspecified atom stereocenters. The lowest BCUT2D eigenvalue weighted by atomic mass is 9.83. The molecule has 1 aliphatic rings. The van der Waals surface area contributed by atoms with Crippen molar-refractivity contribution in [3.8, 4) is 5.75 Å². The van der Waals surface area contributed by atoms with Crippen molar-refractivity contribution in [2.75, 3.05) is 7.11 Å². The van der Waals surface area contributed by atoms with Crippen LogP contribution in [-0.2, 0) is 0 Å². The monoisotopic (exact) mass is 284 g/mol. The zero-order valence-electron chi connectivity index (χ0n) is 12.7. The van der Waals surface area contributed by atoms with E-state index in [0.29, 0.717) is 5.92 Å². The minimum Gasteiger partial charge on any atom is -0.496 e. The van der Waals surface area contributed by atoms with Crippen LogP contribution in [0.2, 0.25) is 0 Å². The molecule has 0 radical (unpaired) electrons. The van der Waals surface area contributed by atoms with Gasteiger partial charge in [0, 0.05) is 5.39 Å². The second-order valence-corrected chi connectivity index (χ2v) is 6.16. The number of aliphatic hydroxyl groups is 1. The molecule has 2 aromatic carbocycles. The summed E-state index contributed by atoms with van der Waals surface area (Å²) in [6.07, 6.45) is 7.05. The van der Waals surface area contributed by atoms with Crippen LogP contribution in [0.5, 0.6) is 5.75 Å². The third kappa shape index (κ3) is 3.06. The summed E-state index contributed by atoms with van der Waals surface area (Å²) in [5.74, 6) is 1.55. The van der Waals surface area contributed by atoms with E-state index in [1.165, 1.54) is 32.1 Å². The summed E-state index contributed by atoms with van der Waals surface area (Å²) in [4.78, 5) is 0. The molecule has 1 saturated carbocycles. The molecule has 1 atom stereocenters. The molecule has 112 valence electrons. The van der Waals surface area contributed by atoms with Gasteiger partial charge in [0.1, 0.15) is 5.75 Å². The standard InChI is InChI=1S/C19H24O2/c1-21-19-12-11-16(15-9-5-6-10-17(15)19)18(20)13-14-7-3-2-4-8-14/h5-6,9-12,14,18,20H,2-4,7-8,13H2,1H3. The Kier molecular flexibility index (Phi) is 4.45. The molecule has 0 aromatic heterocycles. The lowest BCUT2D eigenvalue weighted by Crippen LogP contribution is -2.11. The molecule has 1 N–H and O–H groups in total. The average Bonchev–Trinajstić information content (AvgIpc) is 2.54. The quantitative estimate of drug-likeness (QED) is 0.869.